The normalized spacial score (nSPS) is 9.57. The lowest BCUT2D eigenvalue weighted by Gasteiger charge is -2.08. The van der Waals surface area contributed by atoms with Crippen molar-refractivity contribution in [1.82, 2.24) is 0 Å². The van der Waals surface area contributed by atoms with Crippen molar-refractivity contribution < 1.29 is 9.13 Å². The van der Waals surface area contributed by atoms with Crippen LogP contribution in [0, 0.1) is 17.1 Å². The summed E-state index contributed by atoms with van der Waals surface area (Å²) in [5, 5.41) is 8.41. The molecule has 0 aromatic heterocycles. The molecule has 0 spiro atoms. The van der Waals surface area contributed by atoms with Crippen molar-refractivity contribution in [2.24, 2.45) is 0 Å². The number of benzene rings is 1. The van der Waals surface area contributed by atoms with Crippen molar-refractivity contribution in [3.05, 3.63) is 28.0 Å². The van der Waals surface area contributed by atoms with Gasteiger partial charge in [0, 0.05) is 16.5 Å². The number of nitriles is 1. The predicted molar refractivity (Wildman–Crippen MR) is 54.6 cm³/mol. The molecule has 0 N–H and O–H groups in total. The third-order valence-electron chi connectivity index (χ3n) is 1.83. The lowest BCUT2D eigenvalue weighted by molar-refractivity contribution is 0.404. The average molecular weight is 258 g/mol. The Hall–Kier alpha value is -1.08. The second kappa shape index (κ2) is 4.97. The minimum absolute atomic E-state index is 0.287. The van der Waals surface area contributed by atoms with Gasteiger partial charge >= 0.3 is 0 Å². The largest absolute Gasteiger partial charge is 0.496 e. The molecule has 0 aliphatic heterocycles. The molecule has 2 nitrogen and oxygen atoms in total. The molecule has 74 valence electrons. The minimum Gasteiger partial charge on any atom is -0.496 e. The fraction of sp³-hybridized carbons (Fsp3) is 0.300. The quantitative estimate of drug-likeness (QED) is 0.834. The number of methoxy groups -OCH3 is 1. The Morgan fingerprint density at radius 2 is 2.29 bits per heavy atom. The molecule has 0 radical (unpaired) electrons. The van der Waals surface area contributed by atoms with E-state index in [1.54, 1.807) is 6.07 Å². The summed E-state index contributed by atoms with van der Waals surface area (Å²) in [6, 6.07) is 5.04. The monoisotopic (exact) mass is 257 g/mol. The lowest BCUT2D eigenvalue weighted by atomic mass is 10.1. The predicted octanol–water partition coefficient (Wildman–Crippen LogP) is 3.05. The highest BCUT2D eigenvalue weighted by molar-refractivity contribution is 9.10. The third-order valence-corrected chi connectivity index (χ3v) is 2.28. The van der Waals surface area contributed by atoms with Crippen LogP contribution in [0.25, 0.3) is 0 Å². The Morgan fingerprint density at radius 3 is 2.86 bits per heavy atom. The fourth-order valence-electron chi connectivity index (χ4n) is 1.19. The Kier molecular flexibility index (Phi) is 3.90. The van der Waals surface area contributed by atoms with Gasteiger partial charge in [0.25, 0.3) is 0 Å². The molecule has 0 heterocycles. The second-order valence-corrected chi connectivity index (χ2v) is 3.64. The van der Waals surface area contributed by atoms with Gasteiger partial charge in [0.1, 0.15) is 11.6 Å². The van der Waals surface area contributed by atoms with Crippen LogP contribution in [-0.4, -0.2) is 7.11 Å². The van der Waals surface area contributed by atoms with E-state index in [0.29, 0.717) is 22.2 Å². The van der Waals surface area contributed by atoms with E-state index in [1.807, 2.05) is 6.07 Å². The number of ether oxygens (including phenoxy) is 1. The molecule has 0 atom stereocenters. The lowest BCUT2D eigenvalue weighted by Crippen LogP contribution is -1.96. The first-order chi connectivity index (χ1) is 6.69. The summed E-state index contributed by atoms with van der Waals surface area (Å²) in [4.78, 5) is 0. The molecular weight excluding hydrogens is 249 g/mol. The van der Waals surface area contributed by atoms with Crippen molar-refractivity contribution in [2.45, 2.75) is 12.8 Å². The van der Waals surface area contributed by atoms with E-state index in [4.69, 9.17) is 10.00 Å². The highest BCUT2D eigenvalue weighted by Crippen LogP contribution is 2.27. The molecule has 0 saturated carbocycles. The zero-order chi connectivity index (χ0) is 10.6. The SMILES string of the molecule is COc1cc(Br)cc(F)c1CCC#N. The van der Waals surface area contributed by atoms with Gasteiger partial charge in [-0.25, -0.2) is 4.39 Å². The summed E-state index contributed by atoms with van der Waals surface area (Å²) < 4.78 is 19.1. The van der Waals surface area contributed by atoms with E-state index in [-0.39, 0.29) is 12.2 Å². The molecule has 4 heteroatoms. The Bertz CT molecular complexity index is 373. The van der Waals surface area contributed by atoms with Crippen molar-refractivity contribution >= 4 is 15.9 Å². The van der Waals surface area contributed by atoms with Gasteiger partial charge in [-0.3, -0.25) is 0 Å². The first-order valence-electron chi connectivity index (χ1n) is 4.08. The van der Waals surface area contributed by atoms with Crippen LogP contribution in [0.3, 0.4) is 0 Å². The standard InChI is InChI=1S/C10H9BrFNO/c1-14-10-6-7(11)5-9(12)8(10)3-2-4-13/h5-6H,2-3H2,1H3. The van der Waals surface area contributed by atoms with Gasteiger partial charge in [0.2, 0.25) is 0 Å². The molecule has 0 aliphatic carbocycles. The average Bonchev–Trinajstić information content (AvgIpc) is 2.15. The van der Waals surface area contributed by atoms with Gasteiger partial charge in [-0.1, -0.05) is 15.9 Å². The topological polar surface area (TPSA) is 33.0 Å². The van der Waals surface area contributed by atoms with Crippen molar-refractivity contribution in [1.29, 1.82) is 5.26 Å². The maximum atomic E-state index is 13.4. The maximum absolute atomic E-state index is 13.4. The van der Waals surface area contributed by atoms with Gasteiger partial charge in [0.05, 0.1) is 13.2 Å². The summed E-state index contributed by atoms with van der Waals surface area (Å²) in [6.45, 7) is 0. The van der Waals surface area contributed by atoms with Crippen LogP contribution >= 0.6 is 15.9 Å². The van der Waals surface area contributed by atoms with Crippen LogP contribution in [-0.2, 0) is 6.42 Å². The minimum atomic E-state index is -0.341. The zero-order valence-corrected chi connectivity index (χ0v) is 9.27. The summed E-state index contributed by atoms with van der Waals surface area (Å²) in [7, 11) is 1.48. The molecule has 0 aliphatic rings. The summed E-state index contributed by atoms with van der Waals surface area (Å²) >= 11 is 3.17. The van der Waals surface area contributed by atoms with Gasteiger partial charge in [0.15, 0.2) is 0 Å². The molecular formula is C10H9BrFNO. The van der Waals surface area contributed by atoms with Crippen LogP contribution in [0.1, 0.15) is 12.0 Å². The molecule has 0 saturated heterocycles. The fourth-order valence-corrected chi connectivity index (χ4v) is 1.59. The molecule has 0 bridgehead atoms. The van der Waals surface area contributed by atoms with Crippen molar-refractivity contribution in [2.75, 3.05) is 7.11 Å². The number of nitrogens with zero attached hydrogens (tertiary/aromatic N) is 1. The summed E-state index contributed by atoms with van der Waals surface area (Å²) in [6.07, 6.45) is 0.660. The highest BCUT2D eigenvalue weighted by atomic mass is 79.9. The number of rotatable bonds is 3. The Balaban J connectivity index is 3.06. The smallest absolute Gasteiger partial charge is 0.131 e. The number of hydrogen-bond acceptors (Lipinski definition) is 2. The number of hydrogen-bond donors (Lipinski definition) is 0. The second-order valence-electron chi connectivity index (χ2n) is 2.73. The van der Waals surface area contributed by atoms with E-state index in [9.17, 15) is 4.39 Å². The van der Waals surface area contributed by atoms with Gasteiger partial charge in [-0.15, -0.1) is 0 Å². The molecule has 0 amide bonds. The van der Waals surface area contributed by atoms with Crippen molar-refractivity contribution in [3.63, 3.8) is 0 Å². The molecule has 1 aromatic rings. The van der Waals surface area contributed by atoms with Crippen molar-refractivity contribution in [3.8, 4) is 11.8 Å². The molecule has 1 aromatic carbocycles. The first kappa shape index (κ1) is 11.0. The van der Waals surface area contributed by atoms with Crippen LogP contribution < -0.4 is 4.74 Å². The number of halogens is 2. The van der Waals surface area contributed by atoms with Gasteiger partial charge < -0.3 is 4.74 Å². The van der Waals surface area contributed by atoms with E-state index in [2.05, 4.69) is 15.9 Å². The van der Waals surface area contributed by atoms with Crippen LogP contribution in [0.15, 0.2) is 16.6 Å². The maximum Gasteiger partial charge on any atom is 0.131 e. The Labute approximate surface area is 90.4 Å². The summed E-state index contributed by atoms with van der Waals surface area (Å²) in [5.41, 5.74) is 0.456. The highest BCUT2D eigenvalue weighted by Gasteiger charge is 2.10. The first-order valence-corrected chi connectivity index (χ1v) is 4.87. The van der Waals surface area contributed by atoms with E-state index in [0.717, 1.165) is 0 Å². The van der Waals surface area contributed by atoms with E-state index < -0.39 is 0 Å². The molecule has 0 fully saturated rings. The summed E-state index contributed by atoms with van der Waals surface area (Å²) in [5.74, 6) is 0.138. The van der Waals surface area contributed by atoms with E-state index in [1.165, 1.54) is 13.2 Å². The van der Waals surface area contributed by atoms with Crippen LogP contribution in [0.2, 0.25) is 0 Å². The Morgan fingerprint density at radius 1 is 1.57 bits per heavy atom. The third kappa shape index (κ3) is 2.46. The molecule has 14 heavy (non-hydrogen) atoms. The van der Waals surface area contributed by atoms with Gasteiger partial charge in [-0.2, -0.15) is 5.26 Å². The van der Waals surface area contributed by atoms with Crippen LogP contribution in [0.5, 0.6) is 5.75 Å². The molecule has 1 rings (SSSR count). The molecule has 0 unspecified atom stereocenters. The van der Waals surface area contributed by atoms with Crippen LogP contribution in [0.4, 0.5) is 4.39 Å². The van der Waals surface area contributed by atoms with Gasteiger partial charge in [-0.05, 0) is 18.6 Å². The zero-order valence-electron chi connectivity index (χ0n) is 7.68. The van der Waals surface area contributed by atoms with E-state index >= 15 is 0 Å².